The lowest BCUT2D eigenvalue weighted by Crippen LogP contribution is -2.21. The van der Waals surface area contributed by atoms with Crippen molar-refractivity contribution >= 4 is 42.6 Å². The number of hydrogen-bond acceptors (Lipinski definition) is 3. The molecule has 0 fully saturated rings. The molecule has 1 heterocycles. The van der Waals surface area contributed by atoms with Gasteiger partial charge in [0.2, 0.25) is 5.88 Å². The third-order valence-corrected chi connectivity index (χ3v) is 5.34. The average molecular weight is 456 g/mol. The van der Waals surface area contributed by atoms with Gasteiger partial charge in [0.1, 0.15) is 17.4 Å². The van der Waals surface area contributed by atoms with Crippen molar-refractivity contribution in [3.63, 3.8) is 0 Å². The molecule has 3 aromatic carbocycles. The molecule has 5 heteroatoms. The van der Waals surface area contributed by atoms with Gasteiger partial charge in [0.25, 0.3) is 0 Å². The summed E-state index contributed by atoms with van der Waals surface area (Å²) in [5.74, 6) is 0.587. The van der Waals surface area contributed by atoms with Crippen LogP contribution in [0, 0.1) is 11.3 Å². The van der Waals surface area contributed by atoms with Crippen LogP contribution in [0.5, 0.6) is 5.75 Å². The van der Waals surface area contributed by atoms with Gasteiger partial charge in [0.05, 0.1) is 5.92 Å². The van der Waals surface area contributed by atoms with E-state index in [0.717, 1.165) is 30.8 Å². The standard InChI is InChI=1S/C20H12Br2N2O/c21-13-3-1-2-12(9-13)18-16(10-23)20(24)25-17-7-4-11-8-14(22)5-6-15(11)19(17)18/h1-9,18H,24H2. The van der Waals surface area contributed by atoms with Gasteiger partial charge < -0.3 is 10.5 Å². The first kappa shape index (κ1) is 16.2. The second kappa shape index (κ2) is 6.21. The van der Waals surface area contributed by atoms with Gasteiger partial charge in [0, 0.05) is 14.5 Å². The molecule has 1 aliphatic rings. The highest BCUT2D eigenvalue weighted by atomic mass is 79.9. The fraction of sp³-hybridized carbons (Fsp3) is 0.0500. The summed E-state index contributed by atoms with van der Waals surface area (Å²) in [4.78, 5) is 0. The molecule has 2 N–H and O–H groups in total. The molecule has 3 aromatic rings. The molecule has 4 rings (SSSR count). The molecular weight excluding hydrogens is 444 g/mol. The van der Waals surface area contributed by atoms with Gasteiger partial charge in [-0.1, -0.05) is 56.1 Å². The number of hydrogen-bond donors (Lipinski definition) is 1. The van der Waals surface area contributed by atoms with Crippen molar-refractivity contribution in [1.82, 2.24) is 0 Å². The Labute approximate surface area is 162 Å². The van der Waals surface area contributed by atoms with Crippen molar-refractivity contribution in [3.05, 3.63) is 86.1 Å². The number of benzene rings is 3. The highest BCUT2D eigenvalue weighted by molar-refractivity contribution is 9.10. The van der Waals surface area contributed by atoms with E-state index in [0.29, 0.717) is 11.3 Å². The van der Waals surface area contributed by atoms with E-state index in [4.69, 9.17) is 10.5 Å². The monoisotopic (exact) mass is 454 g/mol. The lowest BCUT2D eigenvalue weighted by atomic mass is 9.81. The molecular formula is C20H12Br2N2O. The fourth-order valence-corrected chi connectivity index (χ4v) is 4.09. The van der Waals surface area contributed by atoms with E-state index in [1.807, 2.05) is 48.5 Å². The van der Waals surface area contributed by atoms with Crippen LogP contribution in [0.25, 0.3) is 10.8 Å². The minimum atomic E-state index is -0.267. The molecule has 0 radical (unpaired) electrons. The topological polar surface area (TPSA) is 59.0 Å². The Morgan fingerprint density at radius 1 is 1.00 bits per heavy atom. The molecule has 0 saturated heterocycles. The van der Waals surface area contributed by atoms with Crippen LogP contribution in [0.1, 0.15) is 17.0 Å². The maximum absolute atomic E-state index is 9.72. The summed E-state index contributed by atoms with van der Waals surface area (Å²) in [5, 5.41) is 11.8. The molecule has 0 bridgehead atoms. The third kappa shape index (κ3) is 2.72. The van der Waals surface area contributed by atoms with Crippen LogP contribution in [0.2, 0.25) is 0 Å². The van der Waals surface area contributed by atoms with Crippen LogP contribution >= 0.6 is 31.9 Å². The van der Waals surface area contributed by atoms with Crippen LogP contribution in [0.4, 0.5) is 0 Å². The minimum Gasteiger partial charge on any atom is -0.440 e. The Hall–Kier alpha value is -2.29. The summed E-state index contributed by atoms with van der Waals surface area (Å²) in [6, 6.07) is 20.2. The van der Waals surface area contributed by atoms with E-state index >= 15 is 0 Å². The maximum Gasteiger partial charge on any atom is 0.205 e. The van der Waals surface area contributed by atoms with E-state index in [1.54, 1.807) is 0 Å². The highest BCUT2D eigenvalue weighted by Gasteiger charge is 2.32. The number of nitrogens with zero attached hydrogens (tertiary/aromatic N) is 1. The summed E-state index contributed by atoms with van der Waals surface area (Å²) in [7, 11) is 0. The SMILES string of the molecule is N#CC1=C(N)Oc2ccc3cc(Br)ccc3c2C1c1cccc(Br)c1. The molecule has 3 nitrogen and oxygen atoms in total. The Balaban J connectivity index is 2.07. The van der Waals surface area contributed by atoms with Crippen LogP contribution in [-0.4, -0.2) is 0 Å². The van der Waals surface area contributed by atoms with Crippen molar-refractivity contribution < 1.29 is 4.74 Å². The van der Waals surface area contributed by atoms with Gasteiger partial charge in [0.15, 0.2) is 0 Å². The Morgan fingerprint density at radius 2 is 1.80 bits per heavy atom. The Morgan fingerprint density at radius 3 is 2.56 bits per heavy atom. The van der Waals surface area contributed by atoms with Crippen molar-refractivity contribution in [2.24, 2.45) is 5.73 Å². The molecule has 1 atom stereocenters. The Bertz CT molecular complexity index is 1080. The fourth-order valence-electron chi connectivity index (χ4n) is 3.29. The van der Waals surface area contributed by atoms with Gasteiger partial charge in [-0.05, 0) is 46.7 Å². The normalized spacial score (nSPS) is 16.3. The van der Waals surface area contributed by atoms with E-state index in [9.17, 15) is 5.26 Å². The molecule has 25 heavy (non-hydrogen) atoms. The van der Waals surface area contributed by atoms with Gasteiger partial charge in [-0.3, -0.25) is 0 Å². The zero-order valence-electron chi connectivity index (χ0n) is 13.0. The summed E-state index contributed by atoms with van der Waals surface area (Å²) < 4.78 is 7.73. The molecule has 0 aliphatic carbocycles. The smallest absolute Gasteiger partial charge is 0.205 e. The summed E-state index contributed by atoms with van der Waals surface area (Å²) in [6.45, 7) is 0. The molecule has 0 saturated carbocycles. The third-order valence-electron chi connectivity index (χ3n) is 4.35. The molecule has 1 unspecified atom stereocenters. The first-order chi connectivity index (χ1) is 12.1. The van der Waals surface area contributed by atoms with Gasteiger partial charge >= 0.3 is 0 Å². The number of halogens is 2. The zero-order valence-corrected chi connectivity index (χ0v) is 16.1. The number of nitriles is 1. The number of allylic oxidation sites excluding steroid dienone is 1. The number of ether oxygens (including phenoxy) is 1. The molecule has 0 spiro atoms. The molecule has 122 valence electrons. The summed E-state index contributed by atoms with van der Waals surface area (Å²) in [5.41, 5.74) is 8.45. The first-order valence-corrected chi connectivity index (χ1v) is 9.22. The van der Waals surface area contributed by atoms with Crippen molar-refractivity contribution in [2.75, 3.05) is 0 Å². The minimum absolute atomic E-state index is 0.163. The predicted octanol–water partition coefficient (Wildman–Crippen LogP) is 5.58. The largest absolute Gasteiger partial charge is 0.440 e. The summed E-state index contributed by atoms with van der Waals surface area (Å²) >= 11 is 7.03. The predicted molar refractivity (Wildman–Crippen MR) is 105 cm³/mol. The van der Waals surface area contributed by atoms with E-state index in [-0.39, 0.29) is 11.8 Å². The lowest BCUT2D eigenvalue weighted by molar-refractivity contribution is 0.395. The van der Waals surface area contributed by atoms with Crippen LogP contribution in [0.3, 0.4) is 0 Å². The summed E-state index contributed by atoms with van der Waals surface area (Å²) in [6.07, 6.45) is 0. The molecule has 0 aromatic heterocycles. The van der Waals surface area contributed by atoms with Gasteiger partial charge in [-0.15, -0.1) is 0 Å². The van der Waals surface area contributed by atoms with Gasteiger partial charge in [-0.25, -0.2) is 0 Å². The molecule has 1 aliphatic heterocycles. The van der Waals surface area contributed by atoms with Crippen LogP contribution in [-0.2, 0) is 0 Å². The zero-order chi connectivity index (χ0) is 17.6. The van der Waals surface area contributed by atoms with E-state index in [1.165, 1.54) is 0 Å². The molecule has 0 amide bonds. The van der Waals surface area contributed by atoms with Crippen molar-refractivity contribution in [3.8, 4) is 11.8 Å². The second-order valence-electron chi connectivity index (χ2n) is 5.82. The van der Waals surface area contributed by atoms with E-state index < -0.39 is 0 Å². The maximum atomic E-state index is 9.72. The first-order valence-electron chi connectivity index (χ1n) is 7.63. The Kier molecular flexibility index (Phi) is 4.03. The lowest BCUT2D eigenvalue weighted by Gasteiger charge is -2.28. The number of rotatable bonds is 1. The number of fused-ring (bicyclic) bond motifs is 3. The van der Waals surface area contributed by atoms with Crippen molar-refractivity contribution in [1.29, 1.82) is 5.26 Å². The average Bonchev–Trinajstić information content (AvgIpc) is 2.60. The second-order valence-corrected chi connectivity index (χ2v) is 7.65. The van der Waals surface area contributed by atoms with Crippen molar-refractivity contribution in [2.45, 2.75) is 5.92 Å². The highest BCUT2D eigenvalue weighted by Crippen LogP contribution is 2.46. The number of nitrogens with two attached hydrogens (primary N) is 1. The van der Waals surface area contributed by atoms with E-state index in [2.05, 4.69) is 44.0 Å². The quantitative estimate of drug-likeness (QED) is 0.520. The van der Waals surface area contributed by atoms with Crippen LogP contribution in [0.15, 0.2) is 75.0 Å². The van der Waals surface area contributed by atoms with Crippen LogP contribution < -0.4 is 10.5 Å². The van der Waals surface area contributed by atoms with Gasteiger partial charge in [-0.2, -0.15) is 5.26 Å².